The van der Waals surface area contributed by atoms with Gasteiger partial charge in [0.15, 0.2) is 5.17 Å². The Hall–Kier alpha value is -0.710. The van der Waals surface area contributed by atoms with Crippen LogP contribution in [0.25, 0.3) is 0 Å². The number of nitrogens with one attached hydrogen (secondary N) is 2. The first-order chi connectivity index (χ1) is 6.68. The lowest BCUT2D eigenvalue weighted by atomic mass is 10.2. The Morgan fingerprint density at radius 3 is 3.00 bits per heavy atom. The molecule has 14 heavy (non-hydrogen) atoms. The lowest BCUT2D eigenvalue weighted by Gasteiger charge is -2.17. The molecule has 0 saturated carbocycles. The summed E-state index contributed by atoms with van der Waals surface area (Å²) in [4.78, 5) is 14.9. The molecule has 5 heteroatoms. The van der Waals surface area contributed by atoms with E-state index in [0.717, 1.165) is 24.0 Å². The van der Waals surface area contributed by atoms with Crippen molar-refractivity contribution in [2.24, 2.45) is 10.9 Å². The van der Waals surface area contributed by atoms with E-state index in [4.69, 9.17) is 0 Å². The molecule has 2 N–H and O–H groups in total. The number of rotatable bonds is 3. The molecule has 0 aliphatic carbocycles. The summed E-state index contributed by atoms with van der Waals surface area (Å²) < 4.78 is 0. The van der Waals surface area contributed by atoms with E-state index in [1.54, 1.807) is 11.8 Å². The average molecular weight is 215 g/mol. The lowest BCUT2D eigenvalue weighted by molar-refractivity contribution is -0.118. The Bertz CT molecular complexity index is 230. The zero-order valence-electron chi connectivity index (χ0n) is 8.67. The van der Waals surface area contributed by atoms with Crippen LogP contribution in [0, 0.1) is 5.92 Å². The first-order valence-corrected chi connectivity index (χ1v) is 5.82. The van der Waals surface area contributed by atoms with Crippen molar-refractivity contribution in [3.05, 3.63) is 0 Å². The van der Waals surface area contributed by atoms with Crippen LogP contribution in [0.3, 0.4) is 0 Å². The zero-order chi connectivity index (χ0) is 10.4. The molecule has 0 saturated heterocycles. The number of aliphatic imine (C=N–C) groups is 1. The molecule has 1 aliphatic heterocycles. The molecule has 1 amide bonds. The second kappa shape index (κ2) is 5.90. The lowest BCUT2D eigenvalue weighted by Crippen LogP contribution is -2.34. The summed E-state index contributed by atoms with van der Waals surface area (Å²) in [5.74, 6) is 1.82. The molecule has 0 aromatic heterocycles. The van der Waals surface area contributed by atoms with E-state index in [1.165, 1.54) is 6.92 Å². The number of hydrogen-bond donors (Lipinski definition) is 2. The first-order valence-electron chi connectivity index (χ1n) is 4.84. The molecule has 0 spiro atoms. The normalized spacial score (nSPS) is 21.3. The van der Waals surface area contributed by atoms with Gasteiger partial charge in [0.2, 0.25) is 5.91 Å². The van der Waals surface area contributed by atoms with E-state index in [-0.39, 0.29) is 5.91 Å². The molecular formula is C9H17N3OS. The summed E-state index contributed by atoms with van der Waals surface area (Å²) in [7, 11) is 0. The maximum Gasteiger partial charge on any atom is 0.216 e. The first kappa shape index (κ1) is 11.4. The molecular weight excluding hydrogens is 198 g/mol. The van der Waals surface area contributed by atoms with Crippen LogP contribution in [0.2, 0.25) is 0 Å². The molecule has 1 unspecified atom stereocenters. The van der Waals surface area contributed by atoms with Gasteiger partial charge in [-0.05, 0) is 5.92 Å². The second-order valence-corrected chi connectivity index (χ2v) is 4.48. The van der Waals surface area contributed by atoms with Gasteiger partial charge in [0, 0.05) is 32.3 Å². The molecule has 80 valence electrons. The summed E-state index contributed by atoms with van der Waals surface area (Å²) >= 11 is 1.76. The van der Waals surface area contributed by atoms with Gasteiger partial charge in [0.1, 0.15) is 0 Å². The van der Waals surface area contributed by atoms with Crippen molar-refractivity contribution < 1.29 is 4.79 Å². The van der Waals surface area contributed by atoms with Gasteiger partial charge in [-0.25, -0.2) is 0 Å². The number of carbonyl (C=O) groups is 1. The van der Waals surface area contributed by atoms with Crippen LogP contribution in [0.1, 0.15) is 13.8 Å². The van der Waals surface area contributed by atoms with Crippen molar-refractivity contribution in [3.63, 3.8) is 0 Å². The molecule has 1 aliphatic rings. The molecule has 0 aromatic carbocycles. The number of carbonyl (C=O) groups excluding carboxylic acids is 1. The Labute approximate surface area is 88.9 Å². The summed E-state index contributed by atoms with van der Waals surface area (Å²) in [5, 5.41) is 6.93. The topological polar surface area (TPSA) is 53.5 Å². The fourth-order valence-corrected chi connectivity index (χ4v) is 1.99. The van der Waals surface area contributed by atoms with Crippen molar-refractivity contribution in [1.29, 1.82) is 0 Å². The zero-order valence-corrected chi connectivity index (χ0v) is 9.49. The molecule has 4 nitrogen and oxygen atoms in total. The molecule has 1 atom stereocenters. The Balaban J connectivity index is 2.10. The highest BCUT2D eigenvalue weighted by molar-refractivity contribution is 8.13. The number of amidine groups is 1. The van der Waals surface area contributed by atoms with E-state index in [0.29, 0.717) is 12.5 Å². The standard InChI is InChI=1S/C9H17N3OS/c1-7-5-12-9(14-6-7)11-4-3-10-8(2)13/h7H,3-6H2,1-2H3,(H,10,13)(H,11,12). The van der Waals surface area contributed by atoms with Crippen LogP contribution >= 0.6 is 11.8 Å². The Kier molecular flexibility index (Phi) is 4.79. The highest BCUT2D eigenvalue weighted by atomic mass is 32.2. The Morgan fingerprint density at radius 2 is 2.43 bits per heavy atom. The van der Waals surface area contributed by atoms with Gasteiger partial charge >= 0.3 is 0 Å². The summed E-state index contributed by atoms with van der Waals surface area (Å²) in [6, 6.07) is 0. The van der Waals surface area contributed by atoms with Crippen LogP contribution in [0.5, 0.6) is 0 Å². The quantitative estimate of drug-likeness (QED) is 0.672. The van der Waals surface area contributed by atoms with E-state index in [9.17, 15) is 4.79 Å². The van der Waals surface area contributed by atoms with Crippen molar-refractivity contribution in [2.45, 2.75) is 13.8 Å². The highest BCUT2D eigenvalue weighted by Crippen LogP contribution is 2.15. The van der Waals surface area contributed by atoms with Crippen LogP contribution in [0.15, 0.2) is 4.99 Å². The molecule has 1 heterocycles. The highest BCUT2D eigenvalue weighted by Gasteiger charge is 2.10. The summed E-state index contributed by atoms with van der Waals surface area (Å²) in [6.45, 7) is 6.04. The maximum absolute atomic E-state index is 10.6. The average Bonchev–Trinajstić information content (AvgIpc) is 2.15. The van der Waals surface area contributed by atoms with Crippen LogP contribution in [-0.4, -0.2) is 36.5 Å². The minimum absolute atomic E-state index is 0.0126. The number of nitrogens with zero attached hydrogens (tertiary/aromatic N) is 1. The van der Waals surface area contributed by atoms with Crippen molar-refractivity contribution in [3.8, 4) is 0 Å². The monoisotopic (exact) mass is 215 g/mol. The van der Waals surface area contributed by atoms with Crippen molar-refractivity contribution >= 4 is 22.8 Å². The van der Waals surface area contributed by atoms with E-state index >= 15 is 0 Å². The van der Waals surface area contributed by atoms with Gasteiger partial charge in [0.05, 0.1) is 0 Å². The van der Waals surface area contributed by atoms with Gasteiger partial charge in [-0.2, -0.15) is 0 Å². The third-order valence-electron chi connectivity index (χ3n) is 1.83. The van der Waals surface area contributed by atoms with Gasteiger partial charge in [-0.15, -0.1) is 0 Å². The van der Waals surface area contributed by atoms with Crippen LogP contribution < -0.4 is 10.6 Å². The van der Waals surface area contributed by atoms with Gasteiger partial charge in [0.25, 0.3) is 0 Å². The molecule has 1 rings (SSSR count). The predicted molar refractivity (Wildman–Crippen MR) is 60.6 cm³/mol. The largest absolute Gasteiger partial charge is 0.363 e. The third kappa shape index (κ3) is 4.50. The molecule has 0 radical (unpaired) electrons. The molecule has 0 bridgehead atoms. The fourth-order valence-electron chi connectivity index (χ4n) is 1.07. The number of hydrogen-bond acceptors (Lipinski definition) is 4. The minimum Gasteiger partial charge on any atom is -0.363 e. The SMILES string of the molecule is CC(=O)NCCNC1=NCC(C)CS1. The van der Waals surface area contributed by atoms with Crippen LogP contribution in [-0.2, 0) is 4.79 Å². The summed E-state index contributed by atoms with van der Waals surface area (Å²) in [6.07, 6.45) is 0. The fraction of sp³-hybridized carbons (Fsp3) is 0.778. The summed E-state index contributed by atoms with van der Waals surface area (Å²) in [5.41, 5.74) is 0. The minimum atomic E-state index is 0.0126. The van der Waals surface area contributed by atoms with Crippen molar-refractivity contribution in [1.82, 2.24) is 10.6 Å². The van der Waals surface area contributed by atoms with Crippen molar-refractivity contribution in [2.75, 3.05) is 25.4 Å². The number of amides is 1. The maximum atomic E-state index is 10.6. The van der Waals surface area contributed by atoms with Crippen LogP contribution in [0.4, 0.5) is 0 Å². The third-order valence-corrected chi connectivity index (χ3v) is 3.11. The van der Waals surface area contributed by atoms with E-state index < -0.39 is 0 Å². The number of thioether (sulfide) groups is 1. The van der Waals surface area contributed by atoms with E-state index in [2.05, 4.69) is 22.5 Å². The molecule has 0 fully saturated rings. The predicted octanol–water partition coefficient (Wildman–Crippen LogP) is 0.451. The Morgan fingerprint density at radius 1 is 1.64 bits per heavy atom. The second-order valence-electron chi connectivity index (χ2n) is 3.47. The van der Waals surface area contributed by atoms with E-state index in [1.807, 2.05) is 0 Å². The van der Waals surface area contributed by atoms with Gasteiger partial charge in [-0.1, -0.05) is 18.7 Å². The van der Waals surface area contributed by atoms with Gasteiger partial charge < -0.3 is 10.6 Å². The van der Waals surface area contributed by atoms with Gasteiger partial charge in [-0.3, -0.25) is 9.79 Å². The molecule has 0 aromatic rings. The smallest absolute Gasteiger partial charge is 0.216 e.